The lowest BCUT2D eigenvalue weighted by Crippen LogP contribution is -2.48. The van der Waals surface area contributed by atoms with Crippen molar-refractivity contribution in [2.24, 2.45) is 5.92 Å². The number of rotatable bonds is 3. The minimum absolute atomic E-state index is 0.695. The van der Waals surface area contributed by atoms with Crippen LogP contribution in [-0.4, -0.2) is 25.7 Å². The third kappa shape index (κ3) is 3.01. The molecule has 0 spiro atoms. The number of anilines is 1. The molecule has 0 aliphatic carbocycles. The van der Waals surface area contributed by atoms with Crippen LogP contribution in [0.3, 0.4) is 0 Å². The lowest BCUT2D eigenvalue weighted by molar-refractivity contribution is 0.327. The first-order chi connectivity index (χ1) is 8.20. The van der Waals surface area contributed by atoms with Gasteiger partial charge in [0.2, 0.25) is 0 Å². The average molecular weight is 232 g/mol. The Morgan fingerprint density at radius 3 is 2.88 bits per heavy atom. The van der Waals surface area contributed by atoms with E-state index in [0.717, 1.165) is 12.5 Å². The van der Waals surface area contributed by atoms with E-state index in [1.165, 1.54) is 30.8 Å². The normalized spacial score (nSPS) is 25.0. The van der Waals surface area contributed by atoms with Crippen LogP contribution in [0.2, 0.25) is 0 Å². The first-order valence-corrected chi connectivity index (χ1v) is 6.75. The van der Waals surface area contributed by atoms with Crippen LogP contribution in [0.4, 0.5) is 5.69 Å². The maximum atomic E-state index is 3.59. The zero-order valence-electron chi connectivity index (χ0n) is 11.2. The van der Waals surface area contributed by atoms with Gasteiger partial charge in [-0.2, -0.15) is 0 Å². The molecule has 1 aliphatic rings. The van der Waals surface area contributed by atoms with Crippen molar-refractivity contribution in [3.8, 4) is 0 Å². The Morgan fingerprint density at radius 2 is 2.24 bits per heavy atom. The Morgan fingerprint density at radius 1 is 1.41 bits per heavy atom. The Kier molecular flexibility index (Phi) is 4.06. The van der Waals surface area contributed by atoms with E-state index < -0.39 is 0 Å². The van der Waals surface area contributed by atoms with Gasteiger partial charge in [0.25, 0.3) is 0 Å². The quantitative estimate of drug-likeness (QED) is 0.862. The molecule has 2 atom stereocenters. The molecule has 0 aromatic heterocycles. The fourth-order valence-corrected chi connectivity index (χ4v) is 2.77. The maximum Gasteiger partial charge on any atom is 0.0368 e. The van der Waals surface area contributed by atoms with E-state index >= 15 is 0 Å². The van der Waals surface area contributed by atoms with E-state index in [1.807, 2.05) is 0 Å². The third-order valence-electron chi connectivity index (χ3n) is 3.74. The monoisotopic (exact) mass is 232 g/mol. The zero-order valence-corrected chi connectivity index (χ0v) is 11.2. The van der Waals surface area contributed by atoms with Crippen LogP contribution in [0.1, 0.15) is 25.8 Å². The lowest BCUT2D eigenvalue weighted by Gasteiger charge is -2.38. The van der Waals surface area contributed by atoms with Crippen molar-refractivity contribution in [3.05, 3.63) is 29.8 Å². The van der Waals surface area contributed by atoms with E-state index in [4.69, 9.17) is 0 Å². The topological polar surface area (TPSA) is 15.3 Å². The number of aryl methyl sites for hydroxylation is 1. The fourth-order valence-electron chi connectivity index (χ4n) is 2.77. The molecule has 1 saturated heterocycles. The molecule has 2 unspecified atom stereocenters. The summed E-state index contributed by atoms with van der Waals surface area (Å²) in [4.78, 5) is 2.52. The standard InChI is InChI=1S/C15H24N2/c1-4-16-15-8-9-17(11-13(15)3)14-7-5-6-12(2)10-14/h5-7,10,13,15-16H,4,8-9,11H2,1-3H3. The summed E-state index contributed by atoms with van der Waals surface area (Å²) in [6, 6.07) is 9.54. The van der Waals surface area contributed by atoms with Crippen LogP contribution in [0, 0.1) is 12.8 Å². The van der Waals surface area contributed by atoms with Gasteiger partial charge in [-0.1, -0.05) is 26.0 Å². The summed E-state index contributed by atoms with van der Waals surface area (Å²) in [6.45, 7) is 10.1. The Balaban J connectivity index is 2.01. The largest absolute Gasteiger partial charge is 0.371 e. The summed E-state index contributed by atoms with van der Waals surface area (Å²) in [7, 11) is 0. The highest BCUT2D eigenvalue weighted by Crippen LogP contribution is 2.23. The fraction of sp³-hybridized carbons (Fsp3) is 0.600. The summed E-state index contributed by atoms with van der Waals surface area (Å²) in [5.74, 6) is 0.726. The van der Waals surface area contributed by atoms with Crippen LogP contribution in [0.15, 0.2) is 24.3 Å². The first-order valence-electron chi connectivity index (χ1n) is 6.75. The van der Waals surface area contributed by atoms with Crippen molar-refractivity contribution in [2.45, 2.75) is 33.2 Å². The Bertz CT molecular complexity index is 362. The molecule has 1 heterocycles. The van der Waals surface area contributed by atoms with Gasteiger partial charge in [0.15, 0.2) is 0 Å². The second-order valence-corrected chi connectivity index (χ2v) is 5.22. The zero-order chi connectivity index (χ0) is 12.3. The molecule has 0 saturated carbocycles. The van der Waals surface area contributed by atoms with E-state index in [2.05, 4.69) is 55.3 Å². The molecule has 17 heavy (non-hydrogen) atoms. The molecular weight excluding hydrogens is 208 g/mol. The van der Waals surface area contributed by atoms with Crippen molar-refractivity contribution in [2.75, 3.05) is 24.5 Å². The highest BCUT2D eigenvalue weighted by molar-refractivity contribution is 5.48. The smallest absolute Gasteiger partial charge is 0.0368 e. The molecule has 1 aromatic rings. The molecule has 1 fully saturated rings. The molecule has 1 aromatic carbocycles. The number of benzene rings is 1. The van der Waals surface area contributed by atoms with Gasteiger partial charge < -0.3 is 10.2 Å². The molecule has 1 N–H and O–H groups in total. The molecule has 94 valence electrons. The van der Waals surface area contributed by atoms with E-state index in [9.17, 15) is 0 Å². The lowest BCUT2D eigenvalue weighted by atomic mass is 9.93. The van der Waals surface area contributed by atoms with E-state index in [1.54, 1.807) is 0 Å². The van der Waals surface area contributed by atoms with Crippen molar-refractivity contribution < 1.29 is 0 Å². The van der Waals surface area contributed by atoms with Crippen molar-refractivity contribution in [1.82, 2.24) is 5.32 Å². The predicted molar refractivity (Wildman–Crippen MR) is 74.6 cm³/mol. The summed E-state index contributed by atoms with van der Waals surface area (Å²) < 4.78 is 0. The van der Waals surface area contributed by atoms with Crippen LogP contribution in [0.5, 0.6) is 0 Å². The van der Waals surface area contributed by atoms with Crippen LogP contribution in [0.25, 0.3) is 0 Å². The molecule has 2 heteroatoms. The van der Waals surface area contributed by atoms with Gasteiger partial charge in [-0.15, -0.1) is 0 Å². The minimum Gasteiger partial charge on any atom is -0.371 e. The number of hydrogen-bond donors (Lipinski definition) is 1. The van der Waals surface area contributed by atoms with Crippen molar-refractivity contribution >= 4 is 5.69 Å². The summed E-state index contributed by atoms with van der Waals surface area (Å²) in [5, 5.41) is 3.59. The number of nitrogens with zero attached hydrogens (tertiary/aromatic N) is 1. The molecule has 0 radical (unpaired) electrons. The van der Waals surface area contributed by atoms with Gasteiger partial charge in [-0.25, -0.2) is 0 Å². The van der Waals surface area contributed by atoms with Crippen molar-refractivity contribution in [3.63, 3.8) is 0 Å². The molecule has 2 rings (SSSR count). The second-order valence-electron chi connectivity index (χ2n) is 5.22. The highest BCUT2D eigenvalue weighted by atomic mass is 15.2. The Hall–Kier alpha value is -1.02. The van der Waals surface area contributed by atoms with Crippen LogP contribution in [-0.2, 0) is 0 Å². The second kappa shape index (κ2) is 5.54. The number of piperidine rings is 1. The predicted octanol–water partition coefficient (Wildman–Crippen LogP) is 2.82. The van der Waals surface area contributed by atoms with Gasteiger partial charge >= 0.3 is 0 Å². The van der Waals surface area contributed by atoms with E-state index in [-0.39, 0.29) is 0 Å². The minimum atomic E-state index is 0.695. The third-order valence-corrected chi connectivity index (χ3v) is 3.74. The van der Waals surface area contributed by atoms with E-state index in [0.29, 0.717) is 6.04 Å². The molecule has 2 nitrogen and oxygen atoms in total. The average Bonchev–Trinajstić information content (AvgIpc) is 2.32. The number of nitrogens with one attached hydrogen (secondary N) is 1. The van der Waals surface area contributed by atoms with Gasteiger partial charge in [-0.3, -0.25) is 0 Å². The maximum absolute atomic E-state index is 3.59. The molecule has 0 bridgehead atoms. The van der Waals surface area contributed by atoms with Gasteiger partial charge in [-0.05, 0) is 43.5 Å². The Labute approximate surface area is 105 Å². The SMILES string of the molecule is CCNC1CCN(c2cccc(C)c2)CC1C. The molecule has 0 amide bonds. The van der Waals surface area contributed by atoms with Gasteiger partial charge in [0.1, 0.15) is 0 Å². The van der Waals surface area contributed by atoms with Crippen LogP contribution < -0.4 is 10.2 Å². The van der Waals surface area contributed by atoms with Gasteiger partial charge in [0, 0.05) is 24.8 Å². The highest BCUT2D eigenvalue weighted by Gasteiger charge is 2.25. The summed E-state index contributed by atoms with van der Waals surface area (Å²) in [6.07, 6.45) is 1.25. The van der Waals surface area contributed by atoms with Gasteiger partial charge in [0.05, 0.1) is 0 Å². The first kappa shape index (κ1) is 12.4. The molecule has 1 aliphatic heterocycles. The van der Waals surface area contributed by atoms with Crippen molar-refractivity contribution in [1.29, 1.82) is 0 Å². The summed E-state index contributed by atoms with van der Waals surface area (Å²) in [5.41, 5.74) is 2.73. The molecular formula is C15H24N2. The summed E-state index contributed by atoms with van der Waals surface area (Å²) >= 11 is 0. The number of hydrogen-bond acceptors (Lipinski definition) is 2. The van der Waals surface area contributed by atoms with Crippen LogP contribution >= 0.6 is 0 Å².